The summed E-state index contributed by atoms with van der Waals surface area (Å²) in [4.78, 5) is 54.8. The van der Waals surface area contributed by atoms with E-state index in [0.717, 1.165) is 36.4 Å². The molecule has 1 atom stereocenters. The summed E-state index contributed by atoms with van der Waals surface area (Å²) in [5.41, 5.74) is 0.541. The van der Waals surface area contributed by atoms with Crippen molar-refractivity contribution in [2.24, 2.45) is 0 Å². The van der Waals surface area contributed by atoms with Crippen molar-refractivity contribution in [1.29, 1.82) is 0 Å². The van der Waals surface area contributed by atoms with Crippen molar-refractivity contribution < 1.29 is 19.1 Å². The molecule has 9 nitrogen and oxygen atoms in total. The quantitative estimate of drug-likeness (QED) is 0.779. The number of fused-ring (bicyclic) bond motifs is 2. The zero-order chi connectivity index (χ0) is 20.5. The van der Waals surface area contributed by atoms with Gasteiger partial charge in [-0.1, -0.05) is 6.42 Å². The summed E-state index contributed by atoms with van der Waals surface area (Å²) in [7, 11) is 0. The normalized spacial score (nSPS) is 17.4. The zero-order valence-corrected chi connectivity index (χ0v) is 16.1. The molecule has 1 aromatic carbocycles. The highest BCUT2D eigenvalue weighted by Crippen LogP contribution is 2.17. The molecule has 4 rings (SSSR count). The molecule has 9 heteroatoms. The maximum absolute atomic E-state index is 12.8. The van der Waals surface area contributed by atoms with Gasteiger partial charge < -0.3 is 10.1 Å². The van der Waals surface area contributed by atoms with Gasteiger partial charge in [-0.25, -0.2) is 14.6 Å². The molecule has 1 saturated heterocycles. The van der Waals surface area contributed by atoms with Gasteiger partial charge in [-0.3, -0.25) is 19.1 Å². The molecule has 1 aromatic heterocycles. The zero-order valence-electron chi connectivity index (χ0n) is 16.1. The summed E-state index contributed by atoms with van der Waals surface area (Å²) in [6, 6.07) is 4.09. The van der Waals surface area contributed by atoms with Crippen molar-refractivity contribution in [3.63, 3.8) is 0 Å². The first-order chi connectivity index (χ1) is 14.0. The van der Waals surface area contributed by atoms with E-state index in [0.29, 0.717) is 24.0 Å². The number of amides is 3. The number of imide groups is 1. The lowest BCUT2D eigenvalue weighted by molar-refractivity contribution is -0.136. The molecule has 0 unspecified atom stereocenters. The van der Waals surface area contributed by atoms with Gasteiger partial charge in [0.25, 0.3) is 11.5 Å². The van der Waals surface area contributed by atoms with Crippen molar-refractivity contribution in [3.8, 4) is 0 Å². The molecule has 2 aliphatic heterocycles. The topological polar surface area (TPSA) is 111 Å². The Morgan fingerprint density at radius 2 is 2.00 bits per heavy atom. The number of rotatable bonds is 3. The van der Waals surface area contributed by atoms with Gasteiger partial charge in [0.15, 0.2) is 6.10 Å². The molecule has 0 aliphatic carbocycles. The van der Waals surface area contributed by atoms with Gasteiger partial charge in [-0.05, 0) is 38.0 Å². The Balaban J connectivity index is 1.57. The summed E-state index contributed by atoms with van der Waals surface area (Å²) in [5.74, 6) is -0.547. The predicted molar refractivity (Wildman–Crippen MR) is 104 cm³/mol. The fourth-order valence-corrected chi connectivity index (χ4v) is 3.73. The highest BCUT2D eigenvalue weighted by atomic mass is 16.5. The molecular weight excluding hydrogens is 376 g/mol. The van der Waals surface area contributed by atoms with E-state index in [2.05, 4.69) is 10.3 Å². The Bertz CT molecular complexity index is 1060. The molecule has 3 heterocycles. The van der Waals surface area contributed by atoms with Gasteiger partial charge in [0.2, 0.25) is 0 Å². The van der Waals surface area contributed by atoms with Crippen LogP contribution in [0.2, 0.25) is 0 Å². The lowest BCUT2D eigenvalue weighted by Gasteiger charge is -2.18. The second kappa shape index (κ2) is 7.65. The van der Waals surface area contributed by atoms with Gasteiger partial charge in [-0.2, -0.15) is 0 Å². The van der Waals surface area contributed by atoms with Crippen molar-refractivity contribution in [3.05, 3.63) is 39.9 Å². The maximum atomic E-state index is 12.8. The fraction of sp³-hybridized carbons (Fsp3) is 0.450. The molecule has 1 fully saturated rings. The molecule has 2 aliphatic rings. The van der Waals surface area contributed by atoms with Crippen LogP contribution in [0.15, 0.2) is 23.0 Å². The number of esters is 1. The summed E-state index contributed by atoms with van der Waals surface area (Å²) in [6.07, 6.45) is 2.60. The van der Waals surface area contributed by atoms with E-state index < -0.39 is 24.0 Å². The largest absolute Gasteiger partial charge is 0.449 e. The molecular formula is C20H22N4O5. The average Bonchev–Trinajstić information content (AvgIpc) is 2.99. The van der Waals surface area contributed by atoms with Gasteiger partial charge in [0, 0.05) is 26.1 Å². The number of ether oxygens (including phenoxy) is 1. The second-order valence-electron chi connectivity index (χ2n) is 7.30. The Morgan fingerprint density at radius 3 is 2.76 bits per heavy atom. The van der Waals surface area contributed by atoms with E-state index in [1.165, 1.54) is 19.1 Å². The Hall–Kier alpha value is -3.23. The van der Waals surface area contributed by atoms with E-state index in [1.807, 2.05) is 0 Å². The van der Waals surface area contributed by atoms with E-state index in [1.54, 1.807) is 10.6 Å². The minimum absolute atomic E-state index is 0.101. The smallest absolute Gasteiger partial charge is 0.338 e. The molecule has 2 aromatic rings. The van der Waals surface area contributed by atoms with Crippen LogP contribution in [0.25, 0.3) is 10.9 Å². The number of nitrogens with zero attached hydrogens (tertiary/aromatic N) is 3. The van der Waals surface area contributed by atoms with Crippen LogP contribution in [0, 0.1) is 0 Å². The number of aryl methyl sites for hydroxylation is 1. The lowest BCUT2D eigenvalue weighted by Crippen LogP contribution is -2.41. The Labute approximate surface area is 166 Å². The molecule has 3 amide bonds. The van der Waals surface area contributed by atoms with E-state index in [4.69, 9.17) is 4.74 Å². The minimum atomic E-state index is -1.10. The first kappa shape index (κ1) is 19.1. The van der Waals surface area contributed by atoms with Gasteiger partial charge >= 0.3 is 12.0 Å². The van der Waals surface area contributed by atoms with Crippen molar-refractivity contribution in [2.75, 3.05) is 13.1 Å². The van der Waals surface area contributed by atoms with Crippen LogP contribution in [0.4, 0.5) is 4.79 Å². The molecule has 0 saturated carbocycles. The molecule has 152 valence electrons. The maximum Gasteiger partial charge on any atom is 0.338 e. The van der Waals surface area contributed by atoms with Crippen LogP contribution >= 0.6 is 0 Å². The lowest BCUT2D eigenvalue weighted by atomic mass is 10.1. The number of benzene rings is 1. The number of hydrogen-bond acceptors (Lipinski definition) is 6. The van der Waals surface area contributed by atoms with E-state index >= 15 is 0 Å². The van der Waals surface area contributed by atoms with Crippen LogP contribution < -0.4 is 10.9 Å². The first-order valence-corrected chi connectivity index (χ1v) is 9.79. The first-order valence-electron chi connectivity index (χ1n) is 9.79. The molecule has 0 radical (unpaired) electrons. The van der Waals surface area contributed by atoms with Gasteiger partial charge in [0.05, 0.1) is 16.5 Å². The van der Waals surface area contributed by atoms with E-state index in [-0.39, 0.29) is 17.7 Å². The third-order valence-corrected chi connectivity index (χ3v) is 5.31. The van der Waals surface area contributed by atoms with Crippen LogP contribution in [-0.2, 0) is 22.5 Å². The molecule has 1 N–H and O–H groups in total. The Kier molecular flexibility index (Phi) is 5.04. The summed E-state index contributed by atoms with van der Waals surface area (Å²) >= 11 is 0. The SMILES string of the molecule is C[C@@H](OC(=O)c1ccc2c(=O)n3c(nc2c1)CCCCC3)C(=O)N1CCNC1=O. The molecule has 29 heavy (non-hydrogen) atoms. The predicted octanol–water partition coefficient (Wildman–Crippen LogP) is 1.22. The van der Waals surface area contributed by atoms with Crippen LogP contribution in [0.1, 0.15) is 42.4 Å². The van der Waals surface area contributed by atoms with Gasteiger partial charge in [-0.15, -0.1) is 0 Å². The van der Waals surface area contributed by atoms with Crippen LogP contribution in [-0.4, -0.2) is 51.6 Å². The van der Waals surface area contributed by atoms with Crippen molar-refractivity contribution in [1.82, 2.24) is 19.8 Å². The summed E-state index contributed by atoms with van der Waals surface area (Å²) in [6.45, 7) is 2.71. The monoisotopic (exact) mass is 398 g/mol. The summed E-state index contributed by atoms with van der Waals surface area (Å²) in [5, 5.41) is 2.98. The highest BCUT2D eigenvalue weighted by molar-refractivity contribution is 6.00. The highest BCUT2D eigenvalue weighted by Gasteiger charge is 2.31. The van der Waals surface area contributed by atoms with Crippen LogP contribution in [0.5, 0.6) is 0 Å². The van der Waals surface area contributed by atoms with Crippen LogP contribution in [0.3, 0.4) is 0 Å². The number of carbonyl (C=O) groups excluding carboxylic acids is 3. The molecule has 0 spiro atoms. The number of hydrogen-bond donors (Lipinski definition) is 1. The number of aromatic nitrogens is 2. The third-order valence-electron chi connectivity index (χ3n) is 5.31. The number of nitrogens with one attached hydrogen (secondary N) is 1. The number of carbonyl (C=O) groups is 3. The van der Waals surface area contributed by atoms with Gasteiger partial charge in [0.1, 0.15) is 5.82 Å². The Morgan fingerprint density at radius 1 is 1.17 bits per heavy atom. The summed E-state index contributed by atoms with van der Waals surface area (Å²) < 4.78 is 6.97. The fourth-order valence-electron chi connectivity index (χ4n) is 3.73. The standard InChI is InChI=1S/C20H22N4O5/c1-12(17(25)24-10-8-21-20(24)28)29-19(27)13-6-7-14-15(11-13)22-16-5-3-2-4-9-23(16)18(14)26/h6-7,11-12H,2-5,8-10H2,1H3,(H,21,28)/t12-/m1/s1. The molecule has 0 bridgehead atoms. The second-order valence-corrected chi connectivity index (χ2v) is 7.30. The minimum Gasteiger partial charge on any atom is -0.449 e. The third kappa shape index (κ3) is 3.59. The van der Waals surface area contributed by atoms with E-state index in [9.17, 15) is 19.2 Å². The average molecular weight is 398 g/mol. The van der Waals surface area contributed by atoms with Crippen molar-refractivity contribution >= 4 is 28.8 Å². The van der Waals surface area contributed by atoms with Crippen molar-refractivity contribution in [2.45, 2.75) is 45.3 Å². The number of urea groups is 1.